The molecule has 4 heterocycles. The second-order valence-electron chi connectivity index (χ2n) is 19.0. The Hall–Kier alpha value is -7.00. The molecule has 326 valence electrons. The van der Waals surface area contributed by atoms with Crippen LogP contribution in [0.2, 0.25) is 0 Å². The summed E-state index contributed by atoms with van der Waals surface area (Å²) in [5, 5.41) is 4.27. The highest BCUT2D eigenvalue weighted by atomic mass is 32.1. The Kier molecular flexibility index (Phi) is 10.0. The summed E-state index contributed by atoms with van der Waals surface area (Å²) in [5.74, 6) is -0.567. The lowest BCUT2D eigenvalue weighted by atomic mass is 9.87. The molecule has 4 aromatic heterocycles. The van der Waals surface area contributed by atoms with Crippen molar-refractivity contribution in [2.75, 3.05) is 9.80 Å². The van der Waals surface area contributed by atoms with Gasteiger partial charge in [-0.25, -0.2) is 8.78 Å². The molecule has 0 aliphatic heterocycles. The van der Waals surface area contributed by atoms with E-state index in [1.165, 1.54) is 35.4 Å². The molecule has 4 nitrogen and oxygen atoms in total. The fraction of sp³-hybridized carbons (Fsp3) is 0.138. The minimum absolute atomic E-state index is 0.0200. The zero-order chi connectivity index (χ0) is 45.5. The van der Waals surface area contributed by atoms with Crippen LogP contribution in [0.15, 0.2) is 182 Å². The zero-order valence-electron chi connectivity index (χ0n) is 37.7. The van der Waals surface area contributed by atoms with Gasteiger partial charge in [-0.3, -0.25) is 0 Å². The minimum atomic E-state index is -0.283. The van der Waals surface area contributed by atoms with Crippen molar-refractivity contribution < 1.29 is 8.78 Å². The third-order valence-electron chi connectivity index (χ3n) is 12.6. The Morgan fingerprint density at radius 2 is 0.712 bits per heavy atom. The molecule has 11 rings (SSSR count). The summed E-state index contributed by atoms with van der Waals surface area (Å²) in [4.78, 5) is 4.65. The molecule has 0 unspecified atom stereocenters. The molecule has 0 radical (unpaired) electrons. The minimum Gasteiger partial charge on any atom is -0.308 e. The molecule has 0 atom stereocenters. The summed E-state index contributed by atoms with van der Waals surface area (Å²) >= 11 is 3.49. The highest BCUT2D eigenvalue weighted by Gasteiger charge is 2.26. The van der Waals surface area contributed by atoms with Gasteiger partial charge in [0, 0.05) is 44.9 Å². The maximum absolute atomic E-state index is 14.7. The Morgan fingerprint density at radius 3 is 1.05 bits per heavy atom. The smallest absolute Gasteiger partial charge is 0.123 e. The molecule has 0 spiro atoms. The van der Waals surface area contributed by atoms with Gasteiger partial charge in [0.2, 0.25) is 0 Å². The Morgan fingerprint density at radius 1 is 0.379 bits per heavy atom. The van der Waals surface area contributed by atoms with Crippen molar-refractivity contribution in [3.63, 3.8) is 0 Å². The molecule has 8 heteroatoms. The Bertz CT molecular complexity index is 3290. The average molecular weight is 903 g/mol. The first kappa shape index (κ1) is 41.7. The highest BCUT2D eigenvalue weighted by molar-refractivity contribution is 7.24. The van der Waals surface area contributed by atoms with Crippen LogP contribution in [-0.2, 0) is 10.8 Å². The van der Waals surface area contributed by atoms with E-state index >= 15 is 0 Å². The molecular weight excluding hydrogens is 855 g/mol. The maximum atomic E-state index is 14.7. The maximum Gasteiger partial charge on any atom is 0.123 e. The predicted molar refractivity (Wildman–Crippen MR) is 278 cm³/mol. The van der Waals surface area contributed by atoms with Crippen molar-refractivity contribution in [1.82, 2.24) is 9.13 Å². The van der Waals surface area contributed by atoms with Crippen molar-refractivity contribution in [3.8, 4) is 11.4 Å². The lowest BCUT2D eigenvalue weighted by molar-refractivity contribution is 0.590. The number of halogens is 2. The molecular formula is C58H48F2N4S2. The monoisotopic (exact) mass is 902 g/mol. The van der Waals surface area contributed by atoms with Crippen molar-refractivity contribution in [3.05, 3.63) is 205 Å². The third-order valence-corrected chi connectivity index (χ3v) is 14.9. The van der Waals surface area contributed by atoms with Crippen LogP contribution in [0.1, 0.15) is 52.7 Å². The van der Waals surface area contributed by atoms with E-state index in [9.17, 15) is 8.78 Å². The number of fused-ring (bicyclic) bond motifs is 6. The van der Waals surface area contributed by atoms with Crippen LogP contribution in [0, 0.1) is 11.6 Å². The summed E-state index contributed by atoms with van der Waals surface area (Å²) < 4.78 is 36.1. The number of hydrogen-bond acceptors (Lipinski definition) is 4. The van der Waals surface area contributed by atoms with Crippen LogP contribution >= 0.6 is 22.7 Å². The summed E-state index contributed by atoms with van der Waals surface area (Å²) in [6.45, 7) is 13.4. The molecule has 7 aromatic carbocycles. The fourth-order valence-electron chi connectivity index (χ4n) is 9.17. The Labute approximate surface area is 391 Å². The zero-order valence-corrected chi connectivity index (χ0v) is 39.3. The molecule has 0 aliphatic rings. The third kappa shape index (κ3) is 7.25. The summed E-state index contributed by atoms with van der Waals surface area (Å²) in [7, 11) is 0. The number of aromatic nitrogens is 2. The molecule has 11 aromatic rings. The van der Waals surface area contributed by atoms with E-state index < -0.39 is 0 Å². The van der Waals surface area contributed by atoms with Gasteiger partial charge in [0.25, 0.3) is 0 Å². The van der Waals surface area contributed by atoms with E-state index in [0.717, 1.165) is 86.4 Å². The van der Waals surface area contributed by atoms with Gasteiger partial charge < -0.3 is 18.9 Å². The summed E-state index contributed by atoms with van der Waals surface area (Å²) in [6.07, 6.45) is 0. The highest BCUT2D eigenvalue weighted by Crippen LogP contribution is 2.50. The van der Waals surface area contributed by atoms with E-state index in [0.29, 0.717) is 0 Å². The van der Waals surface area contributed by atoms with Gasteiger partial charge >= 0.3 is 0 Å². The number of benzene rings is 7. The van der Waals surface area contributed by atoms with Gasteiger partial charge in [0.15, 0.2) is 0 Å². The lowest BCUT2D eigenvalue weighted by Gasteiger charge is -2.25. The number of anilines is 6. The van der Waals surface area contributed by atoms with Gasteiger partial charge in [-0.15, -0.1) is 22.7 Å². The molecule has 0 fully saturated rings. The van der Waals surface area contributed by atoms with E-state index in [1.54, 1.807) is 22.7 Å². The summed E-state index contributed by atoms with van der Waals surface area (Å²) in [5.41, 5.74) is 12.7. The molecule has 0 N–H and O–H groups in total. The van der Waals surface area contributed by atoms with Gasteiger partial charge in [0.1, 0.15) is 21.6 Å². The molecule has 0 saturated heterocycles. The van der Waals surface area contributed by atoms with Crippen LogP contribution in [0.5, 0.6) is 0 Å². The van der Waals surface area contributed by atoms with E-state index in [1.807, 2.05) is 36.4 Å². The number of nitrogens with zero attached hydrogens (tertiary/aromatic N) is 4. The van der Waals surface area contributed by atoms with E-state index in [4.69, 9.17) is 0 Å². The van der Waals surface area contributed by atoms with E-state index in [-0.39, 0.29) is 22.5 Å². The first-order valence-electron chi connectivity index (χ1n) is 22.3. The van der Waals surface area contributed by atoms with Crippen molar-refractivity contribution in [2.45, 2.75) is 52.4 Å². The molecule has 0 amide bonds. The topological polar surface area (TPSA) is 16.3 Å². The van der Waals surface area contributed by atoms with Crippen molar-refractivity contribution in [2.24, 2.45) is 0 Å². The normalized spacial score (nSPS) is 12.2. The van der Waals surface area contributed by atoms with Crippen LogP contribution < -0.4 is 9.80 Å². The fourth-order valence-corrected chi connectivity index (χ4v) is 11.6. The van der Waals surface area contributed by atoms with Gasteiger partial charge in [-0.2, -0.15) is 0 Å². The van der Waals surface area contributed by atoms with Gasteiger partial charge in [-0.1, -0.05) is 102 Å². The van der Waals surface area contributed by atoms with Crippen LogP contribution in [-0.4, -0.2) is 9.13 Å². The first-order valence-corrected chi connectivity index (χ1v) is 23.9. The van der Waals surface area contributed by atoms with Crippen molar-refractivity contribution >= 4 is 97.7 Å². The molecule has 0 aliphatic carbocycles. The average Bonchev–Trinajstić information content (AvgIpc) is 4.06. The first-order chi connectivity index (χ1) is 31.8. The Balaban J connectivity index is 1.17. The second-order valence-corrected chi connectivity index (χ2v) is 21.1. The van der Waals surface area contributed by atoms with Gasteiger partial charge in [0.05, 0.1) is 31.5 Å². The molecule has 66 heavy (non-hydrogen) atoms. The van der Waals surface area contributed by atoms with Gasteiger partial charge in [-0.05, 0) is 143 Å². The van der Waals surface area contributed by atoms with Crippen LogP contribution in [0.4, 0.5) is 41.5 Å². The lowest BCUT2D eigenvalue weighted by Crippen LogP contribution is -2.12. The quantitative estimate of drug-likeness (QED) is 0.151. The predicted octanol–water partition coefficient (Wildman–Crippen LogP) is 17.8. The number of rotatable bonds is 8. The van der Waals surface area contributed by atoms with Crippen molar-refractivity contribution in [1.29, 1.82) is 0 Å². The summed E-state index contributed by atoms with van der Waals surface area (Å²) in [6, 6.07) is 61.5. The second kappa shape index (κ2) is 15.9. The standard InChI is InChI=1S/C58H48F2N4S2/c1-57(2,3)37-17-25-43(26-18-37)61(41-13-9-7-10-14-41)53-35-51-55(65-53)47-33-50-48(34-49(47)63(51)45-29-21-39(59)22-30-45)56-52(64(50)46-31-23-40(60)24-32-46)36-54(66-56)62(42-15-11-8-12-16-42)44-27-19-38(20-28-44)58(4,5)6/h7-36H,1-6H3. The largest absolute Gasteiger partial charge is 0.308 e. The van der Waals surface area contributed by atoms with E-state index in [2.05, 4.69) is 182 Å². The number of hydrogen-bond donors (Lipinski definition) is 0. The molecule has 0 bridgehead atoms. The SMILES string of the molecule is CC(C)(C)c1ccc(N(c2ccccc2)c2cc3c(s2)c2cc4c(cc2n3-c2ccc(F)cc2)c2sc(N(c3ccccc3)c3ccc(C(C)(C)C)cc3)cc2n4-c2ccc(F)cc2)cc1. The number of para-hydroxylation sites is 2. The van der Waals surface area contributed by atoms with Crippen LogP contribution in [0.3, 0.4) is 0 Å². The number of thiophene rings is 2. The molecule has 0 saturated carbocycles. The van der Waals surface area contributed by atoms with Crippen LogP contribution in [0.25, 0.3) is 53.6 Å².